The maximum atomic E-state index is 14.2. The molecule has 0 saturated carbocycles. The highest BCUT2D eigenvalue weighted by Gasteiger charge is 2.35. The van der Waals surface area contributed by atoms with Crippen LogP contribution in [0, 0.1) is 5.82 Å². The molecule has 1 heterocycles. The molecule has 1 unspecified atom stereocenters. The lowest BCUT2D eigenvalue weighted by atomic mass is 9.98. The van der Waals surface area contributed by atoms with Crippen molar-refractivity contribution in [3.05, 3.63) is 65.5 Å². The van der Waals surface area contributed by atoms with Gasteiger partial charge in [0.15, 0.2) is 0 Å². The Hall–Kier alpha value is -1.91. The Morgan fingerprint density at radius 3 is 2.65 bits per heavy atom. The number of benzene rings is 2. The Kier molecular flexibility index (Phi) is 6.28. The Labute approximate surface area is 155 Å². The highest BCUT2D eigenvalue weighted by molar-refractivity contribution is 5.29. The minimum Gasteiger partial charge on any atom is -0.497 e. The van der Waals surface area contributed by atoms with E-state index in [1.165, 1.54) is 18.1 Å². The van der Waals surface area contributed by atoms with Crippen molar-refractivity contribution >= 4 is 0 Å². The zero-order chi connectivity index (χ0) is 18.4. The molecule has 140 valence electrons. The summed E-state index contributed by atoms with van der Waals surface area (Å²) < 4.78 is 25.6. The van der Waals surface area contributed by atoms with Crippen LogP contribution >= 0.6 is 0 Å². The molecule has 3 nitrogen and oxygen atoms in total. The molecule has 0 N–H and O–H groups in total. The van der Waals surface area contributed by atoms with Crippen LogP contribution in [0.1, 0.15) is 37.3 Å². The molecule has 0 amide bonds. The van der Waals surface area contributed by atoms with Gasteiger partial charge < -0.3 is 9.47 Å². The lowest BCUT2D eigenvalue weighted by molar-refractivity contribution is -0.170. The van der Waals surface area contributed by atoms with Crippen LogP contribution in [0.25, 0.3) is 0 Å². The minimum absolute atomic E-state index is 0.201. The molecule has 2 aromatic carbocycles. The van der Waals surface area contributed by atoms with Gasteiger partial charge in [-0.15, -0.1) is 0 Å². The van der Waals surface area contributed by atoms with E-state index < -0.39 is 0 Å². The monoisotopic (exact) mass is 357 g/mol. The van der Waals surface area contributed by atoms with E-state index in [1.807, 2.05) is 30.3 Å². The van der Waals surface area contributed by atoms with Gasteiger partial charge in [0.25, 0.3) is 0 Å². The van der Waals surface area contributed by atoms with Gasteiger partial charge in [0, 0.05) is 19.2 Å². The third kappa shape index (κ3) is 4.63. The predicted molar refractivity (Wildman–Crippen MR) is 102 cm³/mol. The van der Waals surface area contributed by atoms with Crippen LogP contribution in [-0.2, 0) is 17.8 Å². The van der Waals surface area contributed by atoms with Gasteiger partial charge in [-0.25, -0.2) is 4.39 Å². The van der Waals surface area contributed by atoms with Gasteiger partial charge in [-0.05, 0) is 49.8 Å². The number of rotatable bonds is 7. The van der Waals surface area contributed by atoms with Gasteiger partial charge in [-0.2, -0.15) is 0 Å². The standard InChI is InChI=1S/C22H28FNO2/c1-22(26-17-18-8-4-3-5-9-18)13-6-7-14-24(22)15-12-19-10-11-20(25-2)16-21(19)23/h3-5,8-11,16H,6-7,12-15,17H2,1-2H3. The van der Waals surface area contributed by atoms with Gasteiger partial charge in [0.2, 0.25) is 0 Å². The number of methoxy groups -OCH3 is 1. The van der Waals surface area contributed by atoms with Crippen molar-refractivity contribution in [1.82, 2.24) is 4.90 Å². The summed E-state index contributed by atoms with van der Waals surface area (Å²) in [4.78, 5) is 2.36. The summed E-state index contributed by atoms with van der Waals surface area (Å²) in [6.07, 6.45) is 4.00. The Bertz CT molecular complexity index is 707. The highest BCUT2D eigenvalue weighted by atomic mass is 19.1. The quantitative estimate of drug-likeness (QED) is 0.711. The topological polar surface area (TPSA) is 21.7 Å². The number of ether oxygens (including phenoxy) is 2. The molecule has 4 heteroatoms. The second-order valence-corrected chi connectivity index (χ2v) is 7.10. The molecule has 0 aliphatic carbocycles. The Morgan fingerprint density at radius 1 is 1.12 bits per heavy atom. The van der Waals surface area contributed by atoms with E-state index in [9.17, 15) is 4.39 Å². The summed E-state index contributed by atoms with van der Waals surface area (Å²) in [5.41, 5.74) is 1.61. The molecule has 0 bridgehead atoms. The molecule has 2 aromatic rings. The lowest BCUT2D eigenvalue weighted by Crippen LogP contribution is -2.52. The average Bonchev–Trinajstić information content (AvgIpc) is 2.67. The van der Waals surface area contributed by atoms with Crippen LogP contribution in [0.3, 0.4) is 0 Å². The summed E-state index contributed by atoms with van der Waals surface area (Å²) >= 11 is 0. The average molecular weight is 357 g/mol. The number of nitrogens with zero attached hydrogens (tertiary/aromatic N) is 1. The van der Waals surface area contributed by atoms with Crippen molar-refractivity contribution in [1.29, 1.82) is 0 Å². The fourth-order valence-corrected chi connectivity index (χ4v) is 3.59. The largest absolute Gasteiger partial charge is 0.497 e. The van der Waals surface area contributed by atoms with E-state index in [0.29, 0.717) is 18.8 Å². The fraction of sp³-hybridized carbons (Fsp3) is 0.455. The van der Waals surface area contributed by atoms with Crippen LogP contribution in [0.4, 0.5) is 4.39 Å². The van der Waals surface area contributed by atoms with Crippen LogP contribution in [0.5, 0.6) is 5.75 Å². The summed E-state index contributed by atoms with van der Waals surface area (Å²) in [6, 6.07) is 15.4. The van der Waals surface area contributed by atoms with Gasteiger partial charge in [-0.3, -0.25) is 4.90 Å². The first kappa shape index (κ1) is 18.9. The Morgan fingerprint density at radius 2 is 1.92 bits per heavy atom. The van der Waals surface area contributed by atoms with Crippen LogP contribution in [-0.4, -0.2) is 30.8 Å². The number of likely N-dealkylation sites (tertiary alicyclic amines) is 1. The van der Waals surface area contributed by atoms with Crippen LogP contribution in [0.2, 0.25) is 0 Å². The summed E-state index contributed by atoms with van der Waals surface area (Å²) in [5.74, 6) is 0.355. The van der Waals surface area contributed by atoms with Crippen LogP contribution < -0.4 is 4.74 Å². The summed E-state index contributed by atoms with van der Waals surface area (Å²) in [5, 5.41) is 0. The smallest absolute Gasteiger partial charge is 0.130 e. The molecule has 1 atom stereocenters. The molecular formula is C22H28FNO2. The maximum absolute atomic E-state index is 14.2. The van der Waals surface area contributed by atoms with Crippen molar-refractivity contribution in [3.8, 4) is 5.75 Å². The van der Waals surface area contributed by atoms with Crippen molar-refractivity contribution in [3.63, 3.8) is 0 Å². The van der Waals surface area contributed by atoms with Crippen LogP contribution in [0.15, 0.2) is 48.5 Å². The van der Waals surface area contributed by atoms with Crippen molar-refractivity contribution < 1.29 is 13.9 Å². The maximum Gasteiger partial charge on any atom is 0.130 e. The molecule has 1 fully saturated rings. The zero-order valence-electron chi connectivity index (χ0n) is 15.7. The number of piperidine rings is 1. The SMILES string of the molecule is COc1ccc(CCN2CCCCC2(C)OCc2ccccc2)c(F)c1. The van der Waals surface area contributed by atoms with Gasteiger partial charge in [-0.1, -0.05) is 36.4 Å². The molecule has 0 spiro atoms. The Balaban J connectivity index is 1.62. The van der Waals surface area contributed by atoms with E-state index in [0.717, 1.165) is 31.5 Å². The zero-order valence-corrected chi connectivity index (χ0v) is 15.7. The number of hydrogen-bond acceptors (Lipinski definition) is 3. The number of hydrogen-bond donors (Lipinski definition) is 0. The summed E-state index contributed by atoms with van der Waals surface area (Å²) in [7, 11) is 1.55. The van der Waals surface area contributed by atoms with E-state index in [2.05, 4.69) is 24.0 Å². The van der Waals surface area contributed by atoms with Gasteiger partial charge in [0.05, 0.1) is 13.7 Å². The van der Waals surface area contributed by atoms with E-state index >= 15 is 0 Å². The molecule has 3 rings (SSSR count). The molecule has 1 saturated heterocycles. The lowest BCUT2D eigenvalue weighted by Gasteiger charge is -2.44. The molecule has 1 aliphatic heterocycles. The molecular weight excluding hydrogens is 329 g/mol. The first-order valence-corrected chi connectivity index (χ1v) is 9.36. The molecule has 0 radical (unpaired) electrons. The second kappa shape index (κ2) is 8.65. The minimum atomic E-state index is -0.295. The van der Waals surface area contributed by atoms with Gasteiger partial charge >= 0.3 is 0 Å². The van der Waals surface area contributed by atoms with E-state index in [-0.39, 0.29) is 11.5 Å². The molecule has 26 heavy (non-hydrogen) atoms. The predicted octanol–water partition coefficient (Wildman–Crippen LogP) is 4.80. The van der Waals surface area contributed by atoms with Gasteiger partial charge in [0.1, 0.15) is 17.3 Å². The normalized spacial score (nSPS) is 20.9. The fourth-order valence-electron chi connectivity index (χ4n) is 3.59. The molecule has 1 aliphatic rings. The van der Waals surface area contributed by atoms with Crippen molar-refractivity contribution in [2.45, 2.75) is 44.9 Å². The third-order valence-corrected chi connectivity index (χ3v) is 5.29. The second-order valence-electron chi connectivity index (χ2n) is 7.10. The van der Waals surface area contributed by atoms with E-state index in [4.69, 9.17) is 9.47 Å². The van der Waals surface area contributed by atoms with E-state index in [1.54, 1.807) is 7.11 Å². The first-order chi connectivity index (χ1) is 12.6. The molecule has 0 aromatic heterocycles. The van der Waals surface area contributed by atoms with Crippen molar-refractivity contribution in [2.75, 3.05) is 20.2 Å². The third-order valence-electron chi connectivity index (χ3n) is 5.29. The number of halogens is 1. The highest BCUT2D eigenvalue weighted by Crippen LogP contribution is 2.30. The van der Waals surface area contributed by atoms with Crippen molar-refractivity contribution in [2.24, 2.45) is 0 Å². The summed E-state index contributed by atoms with van der Waals surface area (Å²) in [6.45, 7) is 4.54. The first-order valence-electron chi connectivity index (χ1n) is 9.36.